The number of benzene rings is 2. The van der Waals surface area contributed by atoms with Gasteiger partial charge in [0.05, 0.1) is 11.3 Å². The first kappa shape index (κ1) is 17.7. The molecule has 6 heteroatoms. The van der Waals surface area contributed by atoms with Gasteiger partial charge in [-0.2, -0.15) is 0 Å². The Morgan fingerprint density at radius 1 is 1.21 bits per heavy atom. The minimum atomic E-state index is -1.16. The van der Waals surface area contributed by atoms with Gasteiger partial charge in [-0.3, -0.25) is 4.79 Å². The molecule has 0 heterocycles. The van der Waals surface area contributed by atoms with Crippen molar-refractivity contribution < 1.29 is 19.1 Å². The highest BCUT2D eigenvalue weighted by molar-refractivity contribution is 6.30. The zero-order chi connectivity index (χ0) is 17.7. The van der Waals surface area contributed by atoms with Gasteiger partial charge in [0.25, 0.3) is 0 Å². The van der Waals surface area contributed by atoms with Crippen molar-refractivity contribution in [1.82, 2.24) is 0 Å². The average molecular weight is 348 g/mol. The molecule has 24 heavy (non-hydrogen) atoms. The van der Waals surface area contributed by atoms with Crippen molar-refractivity contribution in [1.29, 1.82) is 0 Å². The quantitative estimate of drug-likeness (QED) is 0.771. The lowest BCUT2D eigenvalue weighted by atomic mass is 10.1. The summed E-state index contributed by atoms with van der Waals surface area (Å²) in [7, 11) is 0. The fraction of sp³-hybridized carbons (Fsp3) is 0.111. The van der Waals surface area contributed by atoms with Crippen LogP contribution in [0.15, 0.2) is 36.4 Å². The lowest BCUT2D eigenvalue weighted by Gasteiger charge is -2.08. The normalized spacial score (nSPS) is 10.8. The van der Waals surface area contributed by atoms with Gasteiger partial charge >= 0.3 is 5.97 Å². The summed E-state index contributed by atoms with van der Waals surface area (Å²) in [6, 6.07) is 8.86. The Morgan fingerprint density at radius 3 is 2.58 bits per heavy atom. The van der Waals surface area contributed by atoms with Crippen LogP contribution < -0.4 is 5.32 Å². The first-order valence-corrected chi connectivity index (χ1v) is 7.59. The van der Waals surface area contributed by atoms with Gasteiger partial charge in [-0.15, -0.1) is 0 Å². The van der Waals surface area contributed by atoms with Gasteiger partial charge < -0.3 is 10.4 Å². The first-order valence-electron chi connectivity index (χ1n) is 7.21. The number of anilines is 1. The third-order valence-corrected chi connectivity index (χ3v) is 3.52. The van der Waals surface area contributed by atoms with E-state index in [0.29, 0.717) is 16.1 Å². The predicted molar refractivity (Wildman–Crippen MR) is 92.7 cm³/mol. The lowest BCUT2D eigenvalue weighted by molar-refractivity contribution is -0.115. The summed E-state index contributed by atoms with van der Waals surface area (Å²) in [6.07, 6.45) is 3.36. The number of aromatic carboxylic acids is 1. The SMILES string of the molecule is CCC(=O)Nc1ccc(C=Cc2ccc(Cl)cc2F)cc1C(=O)O. The molecule has 0 unspecified atom stereocenters. The molecule has 2 aromatic carbocycles. The van der Waals surface area contributed by atoms with Crippen molar-refractivity contribution in [2.24, 2.45) is 0 Å². The summed E-state index contributed by atoms with van der Waals surface area (Å²) in [5, 5.41) is 12.1. The van der Waals surface area contributed by atoms with Gasteiger partial charge in [0.1, 0.15) is 5.82 Å². The van der Waals surface area contributed by atoms with Gasteiger partial charge in [-0.25, -0.2) is 9.18 Å². The number of nitrogens with one attached hydrogen (secondary N) is 1. The summed E-state index contributed by atoms with van der Waals surface area (Å²) in [5.74, 6) is -1.90. The average Bonchev–Trinajstić information content (AvgIpc) is 2.54. The van der Waals surface area contributed by atoms with E-state index in [2.05, 4.69) is 5.32 Å². The molecule has 2 N–H and O–H groups in total. The minimum absolute atomic E-state index is 0.0319. The number of rotatable bonds is 5. The highest BCUT2D eigenvalue weighted by Crippen LogP contribution is 2.21. The van der Waals surface area contributed by atoms with E-state index < -0.39 is 11.8 Å². The maximum Gasteiger partial charge on any atom is 0.337 e. The molecule has 0 aliphatic carbocycles. The number of amides is 1. The molecular weight excluding hydrogens is 333 g/mol. The molecule has 0 saturated carbocycles. The van der Waals surface area contributed by atoms with E-state index in [9.17, 15) is 19.1 Å². The number of halogens is 2. The summed E-state index contributed by atoms with van der Waals surface area (Å²) >= 11 is 5.70. The maximum absolute atomic E-state index is 13.7. The third-order valence-electron chi connectivity index (χ3n) is 3.29. The van der Waals surface area contributed by atoms with E-state index >= 15 is 0 Å². The minimum Gasteiger partial charge on any atom is -0.478 e. The summed E-state index contributed by atoms with van der Waals surface area (Å²) in [4.78, 5) is 22.8. The van der Waals surface area contributed by atoms with Crippen LogP contribution in [0.2, 0.25) is 5.02 Å². The van der Waals surface area contributed by atoms with Crippen LogP contribution in [-0.4, -0.2) is 17.0 Å². The molecule has 4 nitrogen and oxygen atoms in total. The molecule has 0 aliphatic rings. The number of carbonyl (C=O) groups is 2. The Hall–Kier alpha value is -2.66. The summed E-state index contributed by atoms with van der Waals surface area (Å²) in [6.45, 7) is 1.67. The van der Waals surface area contributed by atoms with Crippen LogP contribution in [0.5, 0.6) is 0 Å². The number of hydrogen-bond acceptors (Lipinski definition) is 2. The summed E-state index contributed by atoms with van der Waals surface area (Å²) in [5.41, 5.74) is 1.09. The van der Waals surface area contributed by atoms with Gasteiger partial charge in [-0.05, 0) is 29.8 Å². The molecule has 0 fully saturated rings. The molecule has 0 atom stereocenters. The summed E-state index contributed by atoms with van der Waals surface area (Å²) < 4.78 is 13.7. The lowest BCUT2D eigenvalue weighted by Crippen LogP contribution is -2.13. The molecule has 1 amide bonds. The molecule has 0 radical (unpaired) electrons. The van der Waals surface area contributed by atoms with Crippen LogP contribution in [0, 0.1) is 5.82 Å². The van der Waals surface area contributed by atoms with E-state index in [1.54, 1.807) is 25.1 Å². The van der Waals surface area contributed by atoms with Crippen LogP contribution in [0.4, 0.5) is 10.1 Å². The number of carbonyl (C=O) groups excluding carboxylic acids is 1. The maximum atomic E-state index is 13.7. The van der Waals surface area contributed by atoms with E-state index in [1.807, 2.05) is 0 Å². The predicted octanol–water partition coefficient (Wildman–Crippen LogP) is 4.70. The highest BCUT2D eigenvalue weighted by atomic mass is 35.5. The van der Waals surface area contributed by atoms with Crippen LogP contribution in [0.1, 0.15) is 34.8 Å². The zero-order valence-corrected chi connectivity index (χ0v) is 13.6. The second kappa shape index (κ2) is 7.75. The van der Waals surface area contributed by atoms with Gasteiger partial charge in [0.15, 0.2) is 0 Å². The molecule has 0 aliphatic heterocycles. The van der Waals surface area contributed by atoms with Crippen molar-refractivity contribution in [3.63, 3.8) is 0 Å². The van der Waals surface area contributed by atoms with Gasteiger partial charge in [-0.1, -0.05) is 42.8 Å². The molecule has 0 bridgehead atoms. The molecule has 0 saturated heterocycles. The van der Waals surface area contributed by atoms with E-state index in [1.165, 1.54) is 30.3 Å². The Bertz CT molecular complexity index is 818. The van der Waals surface area contributed by atoms with Crippen molar-refractivity contribution in [2.75, 3.05) is 5.32 Å². The van der Waals surface area contributed by atoms with Crippen molar-refractivity contribution in [2.45, 2.75) is 13.3 Å². The third kappa shape index (κ3) is 4.43. The topological polar surface area (TPSA) is 66.4 Å². The van der Waals surface area contributed by atoms with E-state index in [-0.39, 0.29) is 23.6 Å². The number of carboxylic acid groups (broad SMARTS) is 1. The Kier molecular flexibility index (Phi) is 5.71. The van der Waals surface area contributed by atoms with Crippen molar-refractivity contribution in [3.05, 3.63) is 63.9 Å². The Morgan fingerprint density at radius 2 is 1.96 bits per heavy atom. The van der Waals surface area contributed by atoms with Crippen LogP contribution in [0.25, 0.3) is 12.2 Å². The van der Waals surface area contributed by atoms with Gasteiger partial charge in [0, 0.05) is 17.0 Å². The molecule has 124 valence electrons. The standard InChI is InChI=1S/C18H15ClFNO3/c1-2-17(22)21-16-8-4-11(9-14(16)18(23)24)3-5-12-6-7-13(19)10-15(12)20/h3-10H,2H2,1H3,(H,21,22)(H,23,24). The first-order chi connectivity index (χ1) is 11.4. The monoisotopic (exact) mass is 347 g/mol. The van der Waals surface area contributed by atoms with Crippen LogP contribution in [0.3, 0.4) is 0 Å². The highest BCUT2D eigenvalue weighted by Gasteiger charge is 2.12. The van der Waals surface area contributed by atoms with E-state index in [0.717, 1.165) is 0 Å². The number of carboxylic acids is 1. The fourth-order valence-electron chi connectivity index (χ4n) is 2.01. The van der Waals surface area contributed by atoms with Crippen LogP contribution >= 0.6 is 11.6 Å². The molecule has 0 spiro atoms. The fourth-order valence-corrected chi connectivity index (χ4v) is 2.17. The molecular formula is C18H15ClFNO3. The molecule has 2 rings (SSSR count). The number of hydrogen-bond donors (Lipinski definition) is 2. The Balaban J connectivity index is 2.31. The van der Waals surface area contributed by atoms with Crippen molar-refractivity contribution >= 4 is 41.3 Å². The second-order valence-electron chi connectivity index (χ2n) is 5.01. The smallest absolute Gasteiger partial charge is 0.337 e. The molecule has 0 aromatic heterocycles. The second-order valence-corrected chi connectivity index (χ2v) is 5.45. The largest absolute Gasteiger partial charge is 0.478 e. The molecule has 2 aromatic rings. The van der Waals surface area contributed by atoms with Crippen LogP contribution in [-0.2, 0) is 4.79 Å². The van der Waals surface area contributed by atoms with Gasteiger partial charge in [0.2, 0.25) is 5.91 Å². The zero-order valence-electron chi connectivity index (χ0n) is 12.8. The van der Waals surface area contributed by atoms with E-state index in [4.69, 9.17) is 11.6 Å². The van der Waals surface area contributed by atoms with Crippen molar-refractivity contribution in [3.8, 4) is 0 Å². The Labute approximate surface area is 143 Å².